The van der Waals surface area contributed by atoms with E-state index in [1.165, 1.54) is 23.9 Å². The molecule has 39 heavy (non-hydrogen) atoms. The number of hydrogen-bond donors (Lipinski definition) is 1. The van der Waals surface area contributed by atoms with Crippen LogP contribution in [-0.4, -0.2) is 63.5 Å². The number of halogens is 1. The van der Waals surface area contributed by atoms with Crippen molar-refractivity contribution in [1.29, 1.82) is 5.26 Å². The minimum absolute atomic E-state index is 0.0471. The minimum atomic E-state index is -0.656. The number of hydrogen-bond acceptors (Lipinski definition) is 7. The Kier molecular flexibility index (Phi) is 8.14. The molecule has 1 N–H and O–H groups in total. The van der Waals surface area contributed by atoms with Crippen LogP contribution >= 0.6 is 0 Å². The molecule has 10 nitrogen and oxygen atoms in total. The first-order chi connectivity index (χ1) is 18.6. The number of benzene rings is 1. The Hall–Kier alpha value is -4.46. The number of alkyl carbamates (subject to hydrolysis) is 1. The molecule has 2 aromatic heterocycles. The van der Waals surface area contributed by atoms with Gasteiger partial charge < -0.3 is 19.7 Å². The molecule has 1 atom stereocenters. The van der Waals surface area contributed by atoms with Crippen molar-refractivity contribution in [3.63, 3.8) is 0 Å². The van der Waals surface area contributed by atoms with Gasteiger partial charge >= 0.3 is 6.09 Å². The van der Waals surface area contributed by atoms with E-state index in [1.54, 1.807) is 56.3 Å². The van der Waals surface area contributed by atoms with Crippen LogP contribution in [0.5, 0.6) is 5.88 Å². The van der Waals surface area contributed by atoms with Gasteiger partial charge in [-0.25, -0.2) is 14.2 Å². The van der Waals surface area contributed by atoms with Crippen LogP contribution in [0.15, 0.2) is 42.7 Å². The van der Waals surface area contributed by atoms with E-state index in [0.29, 0.717) is 41.4 Å². The quantitative estimate of drug-likeness (QED) is 0.504. The van der Waals surface area contributed by atoms with E-state index in [9.17, 15) is 14.0 Å². The number of pyridine rings is 1. The highest BCUT2D eigenvalue weighted by Gasteiger charge is 2.27. The number of aromatic nitrogens is 3. The van der Waals surface area contributed by atoms with Gasteiger partial charge in [0.15, 0.2) is 0 Å². The lowest BCUT2D eigenvalue weighted by atomic mass is 10.0. The van der Waals surface area contributed by atoms with Gasteiger partial charge in [0.1, 0.15) is 29.7 Å². The maximum absolute atomic E-state index is 14.5. The first kappa shape index (κ1) is 27.6. The lowest BCUT2D eigenvalue weighted by Gasteiger charge is -2.33. The van der Waals surface area contributed by atoms with E-state index in [4.69, 9.17) is 14.7 Å². The summed E-state index contributed by atoms with van der Waals surface area (Å²) in [6, 6.07) is 9.38. The summed E-state index contributed by atoms with van der Waals surface area (Å²) in [4.78, 5) is 31.4. The minimum Gasteiger partial charge on any atom is -0.481 e. The summed E-state index contributed by atoms with van der Waals surface area (Å²) in [5.74, 6) is -0.381. The van der Waals surface area contributed by atoms with Crippen molar-refractivity contribution in [1.82, 2.24) is 25.0 Å². The molecular weight excluding hydrogens is 503 g/mol. The van der Waals surface area contributed by atoms with Gasteiger partial charge in [0.25, 0.3) is 0 Å². The van der Waals surface area contributed by atoms with Crippen molar-refractivity contribution in [2.45, 2.75) is 51.8 Å². The maximum atomic E-state index is 14.5. The van der Waals surface area contributed by atoms with Crippen molar-refractivity contribution in [3.8, 4) is 34.3 Å². The zero-order chi connectivity index (χ0) is 28.2. The monoisotopic (exact) mass is 534 g/mol. The van der Waals surface area contributed by atoms with Gasteiger partial charge in [0.05, 0.1) is 12.7 Å². The standard InChI is InChI=1S/C28H31FN6O4/c1-28(2,3)39-27(37)32-21-6-5-11-34(15-21)25(36)17-35-16-22(20-9-10-24(38-4)31-14-20)26(33-35)18-7-8-19(13-30)23(29)12-18/h7-10,12,14,16,21H,5-6,11,15,17H2,1-4H3,(H,32,37)/t21-/m1/s1. The Labute approximate surface area is 226 Å². The molecule has 4 rings (SSSR count). The number of piperidine rings is 1. The van der Waals surface area contributed by atoms with Crippen molar-refractivity contribution in [2.24, 2.45) is 0 Å². The van der Waals surface area contributed by atoms with Crippen LogP contribution in [-0.2, 0) is 16.1 Å². The summed E-state index contributed by atoms with van der Waals surface area (Å²) >= 11 is 0. The predicted octanol–water partition coefficient (Wildman–Crippen LogP) is 4.15. The predicted molar refractivity (Wildman–Crippen MR) is 141 cm³/mol. The first-order valence-corrected chi connectivity index (χ1v) is 12.6. The number of nitriles is 1. The van der Waals surface area contributed by atoms with Crippen LogP contribution in [0.3, 0.4) is 0 Å². The van der Waals surface area contributed by atoms with Gasteiger partial charge in [-0.15, -0.1) is 0 Å². The smallest absolute Gasteiger partial charge is 0.407 e. The first-order valence-electron chi connectivity index (χ1n) is 12.6. The zero-order valence-corrected chi connectivity index (χ0v) is 22.4. The van der Waals surface area contributed by atoms with Crippen molar-refractivity contribution >= 4 is 12.0 Å². The third-order valence-corrected chi connectivity index (χ3v) is 6.17. The van der Waals surface area contributed by atoms with Gasteiger partial charge in [-0.05, 0) is 51.8 Å². The molecule has 0 saturated carbocycles. The Bertz CT molecular complexity index is 1390. The molecule has 0 spiro atoms. The average molecular weight is 535 g/mol. The Morgan fingerprint density at radius 1 is 1.23 bits per heavy atom. The van der Waals surface area contributed by atoms with Crippen LogP contribution in [0.25, 0.3) is 22.4 Å². The lowest BCUT2D eigenvalue weighted by molar-refractivity contribution is -0.133. The Morgan fingerprint density at radius 3 is 2.64 bits per heavy atom. The largest absolute Gasteiger partial charge is 0.481 e. The second kappa shape index (κ2) is 11.5. The fourth-order valence-corrected chi connectivity index (χ4v) is 4.37. The molecule has 204 valence electrons. The molecule has 1 fully saturated rings. The van der Waals surface area contributed by atoms with E-state index < -0.39 is 17.5 Å². The highest BCUT2D eigenvalue weighted by Crippen LogP contribution is 2.32. The number of carbonyl (C=O) groups is 2. The van der Waals surface area contributed by atoms with Crippen LogP contribution in [0, 0.1) is 17.1 Å². The average Bonchev–Trinajstić information content (AvgIpc) is 3.31. The van der Waals surface area contributed by atoms with Crippen LogP contribution in [0.1, 0.15) is 39.2 Å². The van der Waals surface area contributed by atoms with Gasteiger partial charge in [0.2, 0.25) is 11.8 Å². The van der Waals surface area contributed by atoms with Gasteiger partial charge in [0, 0.05) is 54.3 Å². The molecule has 0 radical (unpaired) electrons. The zero-order valence-electron chi connectivity index (χ0n) is 22.4. The Balaban J connectivity index is 1.55. The van der Waals surface area contributed by atoms with Gasteiger partial charge in [-0.1, -0.05) is 6.07 Å². The highest BCUT2D eigenvalue weighted by molar-refractivity contribution is 5.81. The lowest BCUT2D eigenvalue weighted by Crippen LogP contribution is -2.51. The van der Waals surface area contributed by atoms with E-state index in [2.05, 4.69) is 15.4 Å². The van der Waals surface area contributed by atoms with E-state index in [0.717, 1.165) is 12.8 Å². The molecule has 1 aromatic carbocycles. The van der Waals surface area contributed by atoms with Crippen LogP contribution in [0.2, 0.25) is 0 Å². The molecule has 3 heterocycles. The molecule has 1 aliphatic heterocycles. The number of nitrogens with zero attached hydrogens (tertiary/aromatic N) is 5. The van der Waals surface area contributed by atoms with E-state index in [-0.39, 0.29) is 24.1 Å². The number of likely N-dealkylation sites (tertiary alicyclic amines) is 1. The molecule has 11 heteroatoms. The second-order valence-corrected chi connectivity index (χ2v) is 10.3. The highest BCUT2D eigenvalue weighted by atomic mass is 19.1. The number of rotatable bonds is 6. The normalized spacial score (nSPS) is 15.4. The number of amides is 2. The van der Waals surface area contributed by atoms with Crippen molar-refractivity contribution < 1.29 is 23.5 Å². The maximum Gasteiger partial charge on any atom is 0.407 e. The fraction of sp³-hybridized carbons (Fsp3) is 0.393. The van der Waals surface area contributed by atoms with Gasteiger partial charge in [-0.2, -0.15) is 10.4 Å². The fourth-order valence-electron chi connectivity index (χ4n) is 4.37. The Morgan fingerprint density at radius 2 is 2.00 bits per heavy atom. The summed E-state index contributed by atoms with van der Waals surface area (Å²) in [6.07, 6.45) is 4.31. The molecule has 0 bridgehead atoms. The molecule has 2 amide bonds. The molecule has 3 aromatic rings. The topological polar surface area (TPSA) is 122 Å². The summed E-state index contributed by atoms with van der Waals surface area (Å²) in [6.45, 7) is 6.27. The third-order valence-electron chi connectivity index (χ3n) is 6.17. The van der Waals surface area contributed by atoms with Crippen molar-refractivity contribution in [2.75, 3.05) is 20.2 Å². The number of carbonyl (C=O) groups excluding carboxylic acids is 2. The van der Waals surface area contributed by atoms with Gasteiger partial charge in [-0.3, -0.25) is 9.48 Å². The van der Waals surface area contributed by atoms with E-state index in [1.807, 2.05) is 6.07 Å². The number of ether oxygens (including phenoxy) is 2. The second-order valence-electron chi connectivity index (χ2n) is 10.3. The summed E-state index contributed by atoms with van der Waals surface area (Å²) in [7, 11) is 1.52. The number of nitrogens with one attached hydrogen (secondary N) is 1. The number of methoxy groups -OCH3 is 1. The third kappa shape index (κ3) is 6.90. The SMILES string of the molecule is COc1ccc(-c2cn(CC(=O)N3CCC[C@@H](NC(=O)OC(C)(C)C)C3)nc2-c2ccc(C#N)c(F)c2)cn1. The van der Waals surface area contributed by atoms with Crippen LogP contribution < -0.4 is 10.1 Å². The summed E-state index contributed by atoms with van der Waals surface area (Å²) in [5.41, 5.74) is 1.57. The molecule has 0 aliphatic carbocycles. The molecule has 1 aliphatic rings. The van der Waals surface area contributed by atoms with Crippen molar-refractivity contribution in [3.05, 3.63) is 54.1 Å². The molecule has 0 unspecified atom stereocenters. The molecular formula is C28H31FN6O4. The van der Waals surface area contributed by atoms with Crippen LogP contribution in [0.4, 0.5) is 9.18 Å². The summed E-state index contributed by atoms with van der Waals surface area (Å²) in [5, 5.41) is 16.6. The molecule has 1 saturated heterocycles. The summed E-state index contributed by atoms with van der Waals surface area (Å²) < 4.78 is 26.5. The van der Waals surface area contributed by atoms with E-state index >= 15 is 0 Å².